The zero-order chi connectivity index (χ0) is 12.8. The van der Waals surface area contributed by atoms with Crippen LogP contribution in [-0.2, 0) is 4.74 Å². The topological polar surface area (TPSA) is 48.3 Å². The molecule has 1 aromatic rings. The van der Waals surface area contributed by atoms with Crippen molar-refractivity contribution in [3.8, 4) is 5.75 Å². The lowest BCUT2D eigenvalue weighted by Gasteiger charge is -2.20. The van der Waals surface area contributed by atoms with Crippen molar-refractivity contribution in [2.45, 2.75) is 32.9 Å². The van der Waals surface area contributed by atoms with Crippen LogP contribution in [0, 0.1) is 0 Å². The Morgan fingerprint density at radius 3 is 2.65 bits per heavy atom. The summed E-state index contributed by atoms with van der Waals surface area (Å²) in [4.78, 5) is 0. The molecule has 1 N–H and O–H groups in total. The summed E-state index contributed by atoms with van der Waals surface area (Å²) in [7, 11) is 3.58. The molecule has 1 rings (SSSR count). The van der Waals surface area contributed by atoms with Crippen molar-refractivity contribution in [2.75, 3.05) is 27.4 Å². The summed E-state index contributed by atoms with van der Waals surface area (Å²) in [6.45, 7) is 7.51. The quantitative estimate of drug-likeness (QED) is 0.790. The normalized spacial score (nSPS) is 13.1. The highest BCUT2D eigenvalue weighted by atomic mass is 16.5. The average molecular weight is 241 g/mol. The molecule has 1 atom stereocenters. The Morgan fingerprint density at radius 2 is 2.18 bits per heavy atom. The van der Waals surface area contributed by atoms with Crippen molar-refractivity contribution in [1.82, 2.24) is 15.1 Å². The van der Waals surface area contributed by atoms with Gasteiger partial charge in [0.25, 0.3) is 0 Å². The number of nitrogens with one attached hydrogen (secondary N) is 1. The number of likely N-dealkylation sites (N-methyl/N-ethyl adjacent to an activating group) is 1. The minimum absolute atomic E-state index is 0.0924. The molecular formula is C12H23N3O2. The van der Waals surface area contributed by atoms with Gasteiger partial charge in [0.2, 0.25) is 0 Å². The molecule has 0 aliphatic rings. The molecule has 0 bridgehead atoms. The standard InChI is InChI=1S/C12H23N3O2/c1-6-17-8-10(13-4)12-11(16-5)7-14-15(12)9(2)3/h7,9-10,13H,6,8H2,1-5H3. The van der Waals surface area contributed by atoms with Crippen LogP contribution in [0.1, 0.15) is 38.5 Å². The first-order valence-corrected chi connectivity index (χ1v) is 6.02. The fourth-order valence-corrected chi connectivity index (χ4v) is 1.79. The summed E-state index contributed by atoms with van der Waals surface area (Å²) in [6, 6.07) is 0.390. The molecule has 0 aliphatic carbocycles. The minimum Gasteiger partial charge on any atom is -0.493 e. The van der Waals surface area contributed by atoms with Gasteiger partial charge in [0, 0.05) is 12.6 Å². The Balaban J connectivity index is 3.01. The highest BCUT2D eigenvalue weighted by molar-refractivity contribution is 5.28. The van der Waals surface area contributed by atoms with Crippen LogP contribution in [0.4, 0.5) is 0 Å². The number of hydrogen-bond donors (Lipinski definition) is 1. The molecule has 0 aromatic carbocycles. The fraction of sp³-hybridized carbons (Fsp3) is 0.750. The van der Waals surface area contributed by atoms with Crippen molar-refractivity contribution in [2.24, 2.45) is 0 Å². The number of rotatable bonds is 7. The molecule has 5 heteroatoms. The van der Waals surface area contributed by atoms with E-state index in [-0.39, 0.29) is 6.04 Å². The molecule has 0 fully saturated rings. The molecule has 0 aliphatic heterocycles. The number of ether oxygens (including phenoxy) is 2. The molecule has 0 saturated heterocycles. The maximum Gasteiger partial charge on any atom is 0.161 e. The third-order valence-corrected chi connectivity index (χ3v) is 2.67. The fourth-order valence-electron chi connectivity index (χ4n) is 1.79. The Hall–Kier alpha value is -1.07. The third kappa shape index (κ3) is 3.20. The molecule has 0 radical (unpaired) electrons. The van der Waals surface area contributed by atoms with E-state index < -0.39 is 0 Å². The lowest BCUT2D eigenvalue weighted by molar-refractivity contribution is 0.121. The molecule has 0 spiro atoms. The van der Waals surface area contributed by atoms with Gasteiger partial charge in [0.15, 0.2) is 5.75 Å². The molecule has 0 saturated carbocycles. The van der Waals surface area contributed by atoms with Gasteiger partial charge in [-0.05, 0) is 27.8 Å². The largest absolute Gasteiger partial charge is 0.493 e. The number of hydrogen-bond acceptors (Lipinski definition) is 4. The summed E-state index contributed by atoms with van der Waals surface area (Å²) < 4.78 is 12.8. The predicted molar refractivity (Wildman–Crippen MR) is 67.5 cm³/mol. The lowest BCUT2D eigenvalue weighted by atomic mass is 10.2. The lowest BCUT2D eigenvalue weighted by Crippen LogP contribution is -2.26. The predicted octanol–water partition coefficient (Wildman–Crippen LogP) is 1.77. The second kappa shape index (κ2) is 6.61. The first-order valence-electron chi connectivity index (χ1n) is 6.02. The Morgan fingerprint density at radius 1 is 1.47 bits per heavy atom. The van der Waals surface area contributed by atoms with Crippen molar-refractivity contribution < 1.29 is 9.47 Å². The maximum atomic E-state index is 5.49. The minimum atomic E-state index is 0.0924. The van der Waals surface area contributed by atoms with E-state index in [2.05, 4.69) is 24.3 Å². The number of methoxy groups -OCH3 is 1. The summed E-state index contributed by atoms with van der Waals surface area (Å²) in [5.41, 5.74) is 1.04. The van der Waals surface area contributed by atoms with Crippen LogP contribution in [0.25, 0.3) is 0 Å². The maximum absolute atomic E-state index is 5.49. The van der Waals surface area contributed by atoms with E-state index in [9.17, 15) is 0 Å². The van der Waals surface area contributed by atoms with Crippen molar-refractivity contribution in [1.29, 1.82) is 0 Å². The van der Waals surface area contributed by atoms with Crippen LogP contribution in [0.3, 0.4) is 0 Å². The van der Waals surface area contributed by atoms with E-state index in [4.69, 9.17) is 9.47 Å². The van der Waals surface area contributed by atoms with E-state index in [1.165, 1.54) is 0 Å². The summed E-state index contributed by atoms with van der Waals surface area (Å²) in [5.74, 6) is 0.803. The molecule has 0 amide bonds. The van der Waals surface area contributed by atoms with Crippen LogP contribution < -0.4 is 10.1 Å². The molecular weight excluding hydrogens is 218 g/mol. The van der Waals surface area contributed by atoms with Crippen LogP contribution >= 0.6 is 0 Å². The highest BCUT2D eigenvalue weighted by Gasteiger charge is 2.22. The average Bonchev–Trinajstić information content (AvgIpc) is 2.74. The second-order valence-corrected chi connectivity index (χ2v) is 4.14. The van der Waals surface area contributed by atoms with E-state index in [1.54, 1.807) is 13.3 Å². The van der Waals surface area contributed by atoms with Crippen molar-refractivity contribution >= 4 is 0 Å². The summed E-state index contributed by atoms with van der Waals surface area (Å²) in [5, 5.41) is 7.60. The van der Waals surface area contributed by atoms with E-state index in [1.807, 2.05) is 18.7 Å². The van der Waals surface area contributed by atoms with Gasteiger partial charge in [-0.3, -0.25) is 4.68 Å². The Bertz CT molecular complexity index is 336. The van der Waals surface area contributed by atoms with Crippen molar-refractivity contribution in [3.05, 3.63) is 11.9 Å². The highest BCUT2D eigenvalue weighted by Crippen LogP contribution is 2.27. The van der Waals surface area contributed by atoms with Crippen LogP contribution in [-0.4, -0.2) is 37.2 Å². The van der Waals surface area contributed by atoms with Gasteiger partial charge in [-0.2, -0.15) is 5.10 Å². The van der Waals surface area contributed by atoms with E-state index >= 15 is 0 Å². The van der Waals surface area contributed by atoms with Gasteiger partial charge in [-0.25, -0.2) is 0 Å². The number of nitrogens with zero attached hydrogens (tertiary/aromatic N) is 2. The van der Waals surface area contributed by atoms with Crippen molar-refractivity contribution in [3.63, 3.8) is 0 Å². The molecule has 1 unspecified atom stereocenters. The SMILES string of the molecule is CCOCC(NC)c1c(OC)cnn1C(C)C. The van der Waals surface area contributed by atoms with Gasteiger partial charge >= 0.3 is 0 Å². The molecule has 98 valence electrons. The van der Waals surface area contributed by atoms with Gasteiger partial charge in [-0.1, -0.05) is 0 Å². The zero-order valence-corrected chi connectivity index (χ0v) is 11.4. The molecule has 1 aromatic heterocycles. The monoisotopic (exact) mass is 241 g/mol. The zero-order valence-electron chi connectivity index (χ0n) is 11.4. The van der Waals surface area contributed by atoms with Crippen LogP contribution in [0.2, 0.25) is 0 Å². The number of aromatic nitrogens is 2. The van der Waals surface area contributed by atoms with E-state index in [0.29, 0.717) is 19.3 Å². The van der Waals surface area contributed by atoms with Gasteiger partial charge in [0.05, 0.1) is 31.6 Å². The van der Waals surface area contributed by atoms with Crippen LogP contribution in [0.15, 0.2) is 6.20 Å². The van der Waals surface area contributed by atoms with E-state index in [0.717, 1.165) is 11.4 Å². The molecule has 17 heavy (non-hydrogen) atoms. The first-order chi connectivity index (χ1) is 8.15. The van der Waals surface area contributed by atoms with Gasteiger partial charge < -0.3 is 14.8 Å². The Labute approximate surface area is 103 Å². The third-order valence-electron chi connectivity index (χ3n) is 2.67. The molecule has 5 nitrogen and oxygen atoms in total. The summed E-state index contributed by atoms with van der Waals surface area (Å²) >= 11 is 0. The van der Waals surface area contributed by atoms with Gasteiger partial charge in [0.1, 0.15) is 0 Å². The Kier molecular flexibility index (Phi) is 5.44. The smallest absolute Gasteiger partial charge is 0.161 e. The van der Waals surface area contributed by atoms with Gasteiger partial charge in [-0.15, -0.1) is 0 Å². The first kappa shape index (κ1) is 14.0. The molecule has 1 heterocycles. The summed E-state index contributed by atoms with van der Waals surface area (Å²) in [6.07, 6.45) is 1.76. The second-order valence-electron chi connectivity index (χ2n) is 4.14. The van der Waals surface area contributed by atoms with Crippen LogP contribution in [0.5, 0.6) is 5.75 Å².